The number of aliphatic imine (C=N–C) groups is 1. The number of phenolic OH excluding ortho intramolecular Hbond substituents is 1. The first-order chi connectivity index (χ1) is 13.2. The quantitative estimate of drug-likeness (QED) is 0.407. The second-order valence-corrected chi connectivity index (χ2v) is 7.66. The van der Waals surface area contributed by atoms with Crippen LogP contribution in [0.4, 0.5) is 0 Å². The summed E-state index contributed by atoms with van der Waals surface area (Å²) in [7, 11) is 1.78. The van der Waals surface area contributed by atoms with E-state index in [0.29, 0.717) is 11.7 Å². The van der Waals surface area contributed by atoms with Crippen LogP contribution in [-0.2, 0) is 11.2 Å². The number of carbonyl (C=O) groups is 1. The molecule has 0 radical (unpaired) electrons. The number of guanidine groups is 1. The molecule has 3 rings (SSSR count). The van der Waals surface area contributed by atoms with E-state index in [0.717, 1.165) is 57.7 Å². The van der Waals surface area contributed by atoms with E-state index >= 15 is 0 Å². The molecule has 1 aliphatic carbocycles. The minimum atomic E-state index is 0.265. The lowest BCUT2D eigenvalue weighted by Crippen LogP contribution is -2.45. The number of hydrogen-bond donors (Lipinski definition) is 3. The minimum absolute atomic E-state index is 0.265. The van der Waals surface area contributed by atoms with Gasteiger partial charge >= 0.3 is 0 Å². The van der Waals surface area contributed by atoms with Gasteiger partial charge in [-0.25, -0.2) is 0 Å². The Balaban J connectivity index is 1.36. The van der Waals surface area contributed by atoms with Crippen LogP contribution in [0.2, 0.25) is 0 Å². The Hall–Kier alpha value is -2.24. The summed E-state index contributed by atoms with van der Waals surface area (Å²) >= 11 is 0. The van der Waals surface area contributed by atoms with E-state index in [-0.39, 0.29) is 12.0 Å². The molecule has 1 saturated carbocycles. The predicted molar refractivity (Wildman–Crippen MR) is 108 cm³/mol. The molecule has 0 aromatic heterocycles. The minimum Gasteiger partial charge on any atom is -0.508 e. The van der Waals surface area contributed by atoms with Gasteiger partial charge in [0, 0.05) is 38.6 Å². The van der Waals surface area contributed by atoms with E-state index in [1.807, 2.05) is 17.0 Å². The maximum atomic E-state index is 12.6. The van der Waals surface area contributed by atoms with Crippen molar-refractivity contribution in [1.29, 1.82) is 0 Å². The van der Waals surface area contributed by atoms with Crippen LogP contribution in [0.5, 0.6) is 5.75 Å². The van der Waals surface area contributed by atoms with Crippen molar-refractivity contribution >= 4 is 11.9 Å². The molecule has 1 aromatic carbocycles. The Morgan fingerprint density at radius 2 is 1.96 bits per heavy atom. The lowest BCUT2D eigenvalue weighted by molar-refractivity contribution is -0.134. The molecule has 1 atom stereocenters. The molecule has 3 N–H and O–H groups in total. The molecule has 1 aliphatic heterocycles. The van der Waals surface area contributed by atoms with Gasteiger partial charge in [-0.15, -0.1) is 0 Å². The van der Waals surface area contributed by atoms with Crippen molar-refractivity contribution in [2.45, 2.75) is 51.0 Å². The van der Waals surface area contributed by atoms with E-state index in [9.17, 15) is 9.90 Å². The lowest BCUT2D eigenvalue weighted by atomic mass is 10.1. The van der Waals surface area contributed by atoms with Gasteiger partial charge in [0.15, 0.2) is 5.96 Å². The molecule has 6 nitrogen and oxygen atoms in total. The van der Waals surface area contributed by atoms with Crippen molar-refractivity contribution in [3.63, 3.8) is 0 Å². The fourth-order valence-electron chi connectivity index (χ4n) is 4.06. The molecule has 2 fully saturated rings. The standard InChI is InChI=1S/C21H32N4O2/c1-22-21(23-13-4-5-16-8-10-19(26)11-9-16)24-18-12-14-25(15-18)20(27)17-6-2-3-7-17/h8-11,17-18,26H,2-7,12-15H2,1H3,(H2,22,23,24). The highest BCUT2D eigenvalue weighted by Crippen LogP contribution is 2.27. The van der Waals surface area contributed by atoms with Gasteiger partial charge in [0.2, 0.25) is 5.91 Å². The molecule has 1 amide bonds. The third-order valence-corrected chi connectivity index (χ3v) is 5.64. The van der Waals surface area contributed by atoms with Crippen molar-refractivity contribution < 1.29 is 9.90 Å². The molecular weight excluding hydrogens is 340 g/mol. The zero-order chi connectivity index (χ0) is 19.1. The van der Waals surface area contributed by atoms with Crippen LogP contribution in [0, 0.1) is 5.92 Å². The number of benzene rings is 1. The Morgan fingerprint density at radius 1 is 1.22 bits per heavy atom. The summed E-state index contributed by atoms with van der Waals surface area (Å²) in [4.78, 5) is 18.9. The molecule has 1 heterocycles. The number of rotatable bonds is 6. The van der Waals surface area contributed by atoms with Crippen LogP contribution < -0.4 is 10.6 Å². The molecule has 1 saturated heterocycles. The summed E-state index contributed by atoms with van der Waals surface area (Å²) < 4.78 is 0. The Bertz CT molecular complexity index is 638. The topological polar surface area (TPSA) is 77.0 Å². The maximum absolute atomic E-state index is 12.6. The fraction of sp³-hybridized carbons (Fsp3) is 0.619. The number of amides is 1. The zero-order valence-corrected chi connectivity index (χ0v) is 16.3. The molecule has 148 valence electrons. The van der Waals surface area contributed by atoms with Crippen LogP contribution >= 0.6 is 0 Å². The number of nitrogens with one attached hydrogen (secondary N) is 2. The number of nitrogens with zero attached hydrogens (tertiary/aromatic N) is 2. The van der Waals surface area contributed by atoms with Gasteiger partial charge in [0.1, 0.15) is 5.75 Å². The fourth-order valence-corrected chi connectivity index (χ4v) is 4.06. The number of phenols is 1. The first-order valence-electron chi connectivity index (χ1n) is 10.2. The van der Waals surface area contributed by atoms with Crippen LogP contribution in [-0.4, -0.2) is 54.6 Å². The van der Waals surface area contributed by atoms with E-state index in [2.05, 4.69) is 15.6 Å². The molecule has 2 aliphatic rings. The molecule has 0 bridgehead atoms. The smallest absolute Gasteiger partial charge is 0.225 e. The molecule has 1 unspecified atom stereocenters. The van der Waals surface area contributed by atoms with E-state index in [1.54, 1.807) is 19.2 Å². The normalized spacial score (nSPS) is 20.9. The lowest BCUT2D eigenvalue weighted by Gasteiger charge is -2.21. The maximum Gasteiger partial charge on any atom is 0.225 e. The second-order valence-electron chi connectivity index (χ2n) is 7.66. The van der Waals surface area contributed by atoms with E-state index < -0.39 is 0 Å². The van der Waals surface area contributed by atoms with Gasteiger partial charge in [0.05, 0.1) is 0 Å². The highest BCUT2D eigenvalue weighted by Gasteiger charge is 2.32. The summed E-state index contributed by atoms with van der Waals surface area (Å²) in [5.74, 6) is 1.73. The summed E-state index contributed by atoms with van der Waals surface area (Å²) in [6.07, 6.45) is 7.46. The number of aromatic hydroxyl groups is 1. The Morgan fingerprint density at radius 3 is 2.67 bits per heavy atom. The van der Waals surface area contributed by atoms with Crippen molar-refractivity contribution in [3.05, 3.63) is 29.8 Å². The third kappa shape index (κ3) is 5.62. The van der Waals surface area contributed by atoms with Gasteiger partial charge in [-0.2, -0.15) is 0 Å². The second kappa shape index (κ2) is 9.62. The van der Waals surface area contributed by atoms with Crippen molar-refractivity contribution in [2.24, 2.45) is 10.9 Å². The van der Waals surface area contributed by atoms with Crippen LogP contribution in [0.25, 0.3) is 0 Å². The molecule has 0 spiro atoms. The average molecular weight is 373 g/mol. The Kier molecular flexibility index (Phi) is 6.96. The number of likely N-dealkylation sites (tertiary alicyclic amines) is 1. The monoisotopic (exact) mass is 372 g/mol. The highest BCUT2D eigenvalue weighted by atomic mass is 16.3. The predicted octanol–water partition coefficient (Wildman–Crippen LogP) is 2.28. The third-order valence-electron chi connectivity index (χ3n) is 5.64. The SMILES string of the molecule is CN=C(NCCCc1ccc(O)cc1)NC1CCN(C(=O)C2CCCC2)C1. The number of aryl methyl sites for hydroxylation is 1. The number of hydrogen-bond acceptors (Lipinski definition) is 3. The summed E-state index contributed by atoms with van der Waals surface area (Å²) in [6, 6.07) is 7.64. The first-order valence-corrected chi connectivity index (χ1v) is 10.2. The van der Waals surface area contributed by atoms with Gasteiger partial charge in [0.25, 0.3) is 0 Å². The highest BCUT2D eigenvalue weighted by molar-refractivity contribution is 5.81. The first kappa shape index (κ1) is 19.5. The zero-order valence-electron chi connectivity index (χ0n) is 16.3. The van der Waals surface area contributed by atoms with E-state index in [1.165, 1.54) is 18.4 Å². The van der Waals surface area contributed by atoms with Crippen molar-refractivity contribution in [1.82, 2.24) is 15.5 Å². The van der Waals surface area contributed by atoms with Gasteiger partial charge in [-0.05, 0) is 49.8 Å². The molecule has 6 heteroatoms. The molecule has 27 heavy (non-hydrogen) atoms. The largest absolute Gasteiger partial charge is 0.508 e. The van der Waals surface area contributed by atoms with Crippen molar-refractivity contribution in [3.8, 4) is 5.75 Å². The summed E-state index contributed by atoms with van der Waals surface area (Å²) in [5.41, 5.74) is 1.22. The van der Waals surface area contributed by atoms with Crippen LogP contribution in [0.1, 0.15) is 44.1 Å². The Labute approximate surface area is 162 Å². The van der Waals surface area contributed by atoms with Crippen LogP contribution in [0.15, 0.2) is 29.3 Å². The van der Waals surface area contributed by atoms with E-state index in [4.69, 9.17) is 0 Å². The summed E-state index contributed by atoms with van der Waals surface area (Å²) in [6.45, 7) is 2.46. The van der Waals surface area contributed by atoms with Gasteiger partial charge < -0.3 is 20.6 Å². The van der Waals surface area contributed by atoms with Gasteiger partial charge in [-0.1, -0.05) is 25.0 Å². The molecular formula is C21H32N4O2. The van der Waals surface area contributed by atoms with Crippen molar-refractivity contribution in [2.75, 3.05) is 26.7 Å². The van der Waals surface area contributed by atoms with Gasteiger partial charge in [-0.3, -0.25) is 9.79 Å². The summed E-state index contributed by atoms with van der Waals surface area (Å²) in [5, 5.41) is 16.1. The van der Waals surface area contributed by atoms with Crippen LogP contribution in [0.3, 0.4) is 0 Å². The molecule has 1 aromatic rings. The average Bonchev–Trinajstić information content (AvgIpc) is 3.37. The number of carbonyl (C=O) groups excluding carboxylic acids is 1.